The topological polar surface area (TPSA) is 44.5 Å². The van der Waals surface area contributed by atoms with E-state index in [4.69, 9.17) is 26.8 Å². The second-order valence-corrected chi connectivity index (χ2v) is 4.54. The van der Waals surface area contributed by atoms with Crippen LogP contribution in [0.1, 0.15) is 12.0 Å². The molecule has 0 spiro atoms. The normalized spacial score (nSPS) is 18.5. The van der Waals surface area contributed by atoms with E-state index in [0.29, 0.717) is 36.6 Å². The molecule has 1 aromatic carbocycles. The van der Waals surface area contributed by atoms with Crippen LogP contribution in [0.5, 0.6) is 0 Å². The van der Waals surface area contributed by atoms with Gasteiger partial charge in [-0.05, 0) is 30.2 Å². The Balaban J connectivity index is 1.92. The molecule has 5 heteroatoms. The van der Waals surface area contributed by atoms with Gasteiger partial charge in [0.15, 0.2) is 6.29 Å². The van der Waals surface area contributed by atoms with E-state index in [2.05, 4.69) is 0 Å². The molecule has 0 aliphatic carbocycles. The van der Waals surface area contributed by atoms with Gasteiger partial charge in [-0.1, -0.05) is 11.6 Å². The molecule has 1 atom stereocenters. The minimum Gasteiger partial charge on any atom is -0.350 e. The average molecular weight is 260 g/mol. The first-order valence-electron chi connectivity index (χ1n) is 5.58. The SMILES string of the molecule is NC(Cc1cc(Cl)ccc1F)CC1OCCO1. The highest BCUT2D eigenvalue weighted by Crippen LogP contribution is 2.18. The van der Waals surface area contributed by atoms with Crippen molar-refractivity contribution < 1.29 is 13.9 Å². The highest BCUT2D eigenvalue weighted by Gasteiger charge is 2.20. The van der Waals surface area contributed by atoms with Crippen LogP contribution in [0, 0.1) is 5.82 Å². The highest BCUT2D eigenvalue weighted by atomic mass is 35.5. The molecule has 0 aromatic heterocycles. The first-order valence-corrected chi connectivity index (χ1v) is 5.95. The Kier molecular flexibility index (Phi) is 4.34. The molecular formula is C12H15ClFNO2. The van der Waals surface area contributed by atoms with Crippen molar-refractivity contribution in [3.05, 3.63) is 34.6 Å². The molecule has 1 unspecified atom stereocenters. The molecular weight excluding hydrogens is 245 g/mol. The van der Waals surface area contributed by atoms with Crippen LogP contribution in [0.3, 0.4) is 0 Å². The first-order chi connectivity index (χ1) is 8.15. The van der Waals surface area contributed by atoms with Gasteiger partial charge in [0, 0.05) is 17.5 Å². The molecule has 2 N–H and O–H groups in total. The third-order valence-corrected chi connectivity index (χ3v) is 2.91. The Labute approximate surface area is 105 Å². The predicted molar refractivity (Wildman–Crippen MR) is 63.4 cm³/mol. The van der Waals surface area contributed by atoms with Crippen molar-refractivity contribution in [2.24, 2.45) is 5.73 Å². The van der Waals surface area contributed by atoms with Crippen molar-refractivity contribution in [2.75, 3.05) is 13.2 Å². The Morgan fingerprint density at radius 2 is 2.12 bits per heavy atom. The Morgan fingerprint density at radius 3 is 2.82 bits per heavy atom. The number of hydrogen-bond acceptors (Lipinski definition) is 3. The lowest BCUT2D eigenvalue weighted by Crippen LogP contribution is -2.29. The quantitative estimate of drug-likeness (QED) is 0.901. The zero-order valence-electron chi connectivity index (χ0n) is 9.36. The summed E-state index contributed by atoms with van der Waals surface area (Å²) in [4.78, 5) is 0. The second-order valence-electron chi connectivity index (χ2n) is 4.11. The molecule has 17 heavy (non-hydrogen) atoms. The molecule has 1 aromatic rings. The first kappa shape index (κ1) is 12.8. The summed E-state index contributed by atoms with van der Waals surface area (Å²) < 4.78 is 24.1. The van der Waals surface area contributed by atoms with Crippen LogP contribution in [0.4, 0.5) is 4.39 Å². The van der Waals surface area contributed by atoms with Gasteiger partial charge in [-0.15, -0.1) is 0 Å². The third-order valence-electron chi connectivity index (χ3n) is 2.68. The summed E-state index contributed by atoms with van der Waals surface area (Å²) in [7, 11) is 0. The summed E-state index contributed by atoms with van der Waals surface area (Å²) in [5, 5.41) is 0.516. The van der Waals surface area contributed by atoms with Crippen LogP contribution in [0.15, 0.2) is 18.2 Å². The maximum atomic E-state index is 13.5. The highest BCUT2D eigenvalue weighted by molar-refractivity contribution is 6.30. The summed E-state index contributed by atoms with van der Waals surface area (Å²) in [5.41, 5.74) is 6.47. The number of hydrogen-bond donors (Lipinski definition) is 1. The van der Waals surface area contributed by atoms with E-state index >= 15 is 0 Å². The van der Waals surface area contributed by atoms with E-state index in [-0.39, 0.29) is 18.1 Å². The Bertz CT molecular complexity index is 383. The molecule has 1 aliphatic rings. The van der Waals surface area contributed by atoms with Crippen LogP contribution in [0.25, 0.3) is 0 Å². The summed E-state index contributed by atoms with van der Waals surface area (Å²) in [5.74, 6) is -0.280. The number of benzene rings is 1. The summed E-state index contributed by atoms with van der Waals surface area (Å²) in [6.07, 6.45) is 0.730. The van der Waals surface area contributed by atoms with Crippen LogP contribution in [-0.4, -0.2) is 25.5 Å². The molecule has 1 aliphatic heterocycles. The van der Waals surface area contributed by atoms with Crippen molar-refractivity contribution in [3.8, 4) is 0 Å². The molecule has 1 heterocycles. The second kappa shape index (κ2) is 5.78. The fourth-order valence-electron chi connectivity index (χ4n) is 1.86. The van der Waals surface area contributed by atoms with Crippen molar-refractivity contribution in [1.29, 1.82) is 0 Å². The fraction of sp³-hybridized carbons (Fsp3) is 0.500. The maximum absolute atomic E-state index is 13.5. The minimum absolute atomic E-state index is 0.203. The molecule has 0 amide bonds. The van der Waals surface area contributed by atoms with Crippen molar-refractivity contribution in [2.45, 2.75) is 25.2 Å². The van der Waals surface area contributed by atoms with Gasteiger partial charge in [0.2, 0.25) is 0 Å². The van der Waals surface area contributed by atoms with Gasteiger partial charge in [0.05, 0.1) is 13.2 Å². The summed E-state index contributed by atoms with van der Waals surface area (Å²) in [6.45, 7) is 1.20. The zero-order valence-corrected chi connectivity index (χ0v) is 10.1. The average Bonchev–Trinajstić information content (AvgIpc) is 2.76. The smallest absolute Gasteiger partial charge is 0.159 e. The van der Waals surface area contributed by atoms with Gasteiger partial charge in [-0.25, -0.2) is 4.39 Å². The van der Waals surface area contributed by atoms with Crippen LogP contribution in [0.2, 0.25) is 5.02 Å². The van der Waals surface area contributed by atoms with Gasteiger partial charge >= 0.3 is 0 Å². The van der Waals surface area contributed by atoms with Gasteiger partial charge in [-0.3, -0.25) is 0 Å². The molecule has 2 rings (SSSR count). The van der Waals surface area contributed by atoms with Gasteiger partial charge in [0.1, 0.15) is 5.82 Å². The molecule has 1 saturated heterocycles. The molecule has 3 nitrogen and oxygen atoms in total. The minimum atomic E-state index is -0.280. The molecule has 1 fully saturated rings. The predicted octanol–water partition coefficient (Wildman–Crippen LogP) is 2.11. The van der Waals surface area contributed by atoms with Crippen molar-refractivity contribution in [1.82, 2.24) is 0 Å². The molecule has 0 radical (unpaired) electrons. The third kappa shape index (κ3) is 3.64. The van der Waals surface area contributed by atoms with Gasteiger partial charge in [0.25, 0.3) is 0 Å². The van der Waals surface area contributed by atoms with E-state index in [1.165, 1.54) is 12.1 Å². The monoisotopic (exact) mass is 259 g/mol. The lowest BCUT2D eigenvalue weighted by molar-refractivity contribution is -0.0505. The molecule has 0 saturated carbocycles. The number of nitrogens with two attached hydrogens (primary N) is 1. The number of halogens is 2. The number of rotatable bonds is 4. The van der Waals surface area contributed by atoms with Crippen molar-refractivity contribution in [3.63, 3.8) is 0 Å². The molecule has 94 valence electrons. The maximum Gasteiger partial charge on any atom is 0.159 e. The standard InChI is InChI=1S/C12H15ClFNO2/c13-9-1-2-11(14)8(5-9)6-10(15)7-12-16-3-4-17-12/h1-2,5,10,12H,3-4,6-7,15H2. The van der Waals surface area contributed by atoms with Crippen LogP contribution >= 0.6 is 11.6 Å². The van der Waals surface area contributed by atoms with Crippen LogP contribution in [-0.2, 0) is 15.9 Å². The Morgan fingerprint density at radius 1 is 1.41 bits per heavy atom. The zero-order chi connectivity index (χ0) is 12.3. The fourth-order valence-corrected chi connectivity index (χ4v) is 2.05. The number of ether oxygens (including phenoxy) is 2. The van der Waals surface area contributed by atoms with E-state index in [1.807, 2.05) is 0 Å². The van der Waals surface area contributed by atoms with E-state index in [1.54, 1.807) is 6.07 Å². The molecule has 0 bridgehead atoms. The summed E-state index contributed by atoms with van der Waals surface area (Å²) >= 11 is 5.81. The van der Waals surface area contributed by atoms with Gasteiger partial charge < -0.3 is 15.2 Å². The van der Waals surface area contributed by atoms with E-state index in [0.717, 1.165) is 0 Å². The summed E-state index contributed by atoms with van der Waals surface area (Å²) in [6, 6.07) is 4.28. The van der Waals surface area contributed by atoms with E-state index in [9.17, 15) is 4.39 Å². The van der Waals surface area contributed by atoms with Crippen LogP contribution < -0.4 is 5.73 Å². The lowest BCUT2D eigenvalue weighted by Gasteiger charge is -2.16. The largest absolute Gasteiger partial charge is 0.350 e. The Hall–Kier alpha value is -0.680. The van der Waals surface area contributed by atoms with Crippen molar-refractivity contribution >= 4 is 11.6 Å². The van der Waals surface area contributed by atoms with E-state index < -0.39 is 0 Å². The lowest BCUT2D eigenvalue weighted by atomic mass is 10.0. The van der Waals surface area contributed by atoms with Gasteiger partial charge in [-0.2, -0.15) is 0 Å².